The maximum absolute atomic E-state index is 9.92. The number of amides is 1. The van der Waals surface area contributed by atoms with Crippen molar-refractivity contribution in [3.8, 4) is 0 Å². The SMILES string of the molecule is CCC(CNC=O)N(C)C. The maximum Gasteiger partial charge on any atom is 0.207 e. The van der Waals surface area contributed by atoms with E-state index < -0.39 is 0 Å². The molecule has 0 fully saturated rings. The number of carbonyl (C=O) groups is 1. The van der Waals surface area contributed by atoms with Crippen molar-refractivity contribution >= 4 is 6.41 Å². The normalized spacial score (nSPS) is 13.2. The Balaban J connectivity index is 3.49. The van der Waals surface area contributed by atoms with Crippen molar-refractivity contribution < 1.29 is 4.79 Å². The molecule has 0 aliphatic rings. The van der Waals surface area contributed by atoms with Crippen LogP contribution in [0.2, 0.25) is 0 Å². The predicted molar refractivity (Wildman–Crippen MR) is 41.8 cm³/mol. The Morgan fingerprint density at radius 1 is 1.60 bits per heavy atom. The molecule has 1 unspecified atom stereocenters. The van der Waals surface area contributed by atoms with Crippen LogP contribution in [0.1, 0.15) is 13.3 Å². The molecule has 3 heteroatoms. The molecular weight excluding hydrogens is 128 g/mol. The Kier molecular flexibility index (Phi) is 4.94. The lowest BCUT2D eigenvalue weighted by Gasteiger charge is -2.21. The zero-order chi connectivity index (χ0) is 7.98. The van der Waals surface area contributed by atoms with Crippen molar-refractivity contribution in [3.05, 3.63) is 0 Å². The Hall–Kier alpha value is -0.570. The Bertz CT molecular complexity index is 93.6. The van der Waals surface area contributed by atoms with E-state index in [2.05, 4.69) is 17.1 Å². The van der Waals surface area contributed by atoms with Gasteiger partial charge < -0.3 is 10.2 Å². The van der Waals surface area contributed by atoms with E-state index >= 15 is 0 Å². The van der Waals surface area contributed by atoms with Crippen LogP contribution in [0.15, 0.2) is 0 Å². The number of nitrogens with zero attached hydrogens (tertiary/aromatic N) is 1. The van der Waals surface area contributed by atoms with Crippen LogP contribution in [-0.4, -0.2) is 38.0 Å². The second-order valence-electron chi connectivity index (χ2n) is 2.55. The molecule has 0 saturated carbocycles. The van der Waals surface area contributed by atoms with Crippen LogP contribution >= 0.6 is 0 Å². The molecule has 0 radical (unpaired) electrons. The lowest BCUT2D eigenvalue weighted by atomic mass is 10.2. The highest BCUT2D eigenvalue weighted by Gasteiger charge is 2.06. The largest absolute Gasteiger partial charge is 0.357 e. The summed E-state index contributed by atoms with van der Waals surface area (Å²) in [4.78, 5) is 12.0. The van der Waals surface area contributed by atoms with Gasteiger partial charge in [0.05, 0.1) is 0 Å². The molecule has 0 aromatic carbocycles. The molecule has 0 bridgehead atoms. The summed E-state index contributed by atoms with van der Waals surface area (Å²) in [6.07, 6.45) is 1.81. The molecule has 0 rings (SSSR count). The zero-order valence-electron chi connectivity index (χ0n) is 6.92. The molecule has 0 aliphatic heterocycles. The number of carbonyl (C=O) groups excluding carboxylic acids is 1. The molecule has 60 valence electrons. The van der Waals surface area contributed by atoms with Gasteiger partial charge in [-0.3, -0.25) is 4.79 Å². The van der Waals surface area contributed by atoms with Crippen molar-refractivity contribution in [2.75, 3.05) is 20.6 Å². The van der Waals surface area contributed by atoms with E-state index in [-0.39, 0.29) is 0 Å². The lowest BCUT2D eigenvalue weighted by Crippen LogP contribution is -2.36. The van der Waals surface area contributed by atoms with Gasteiger partial charge in [0, 0.05) is 12.6 Å². The maximum atomic E-state index is 9.92. The second kappa shape index (κ2) is 5.23. The number of nitrogens with one attached hydrogen (secondary N) is 1. The van der Waals surface area contributed by atoms with Crippen molar-refractivity contribution in [1.82, 2.24) is 10.2 Å². The molecular formula is C7H16N2O. The molecule has 0 aliphatic carbocycles. The summed E-state index contributed by atoms with van der Waals surface area (Å²) in [6, 6.07) is 0.463. The van der Waals surface area contributed by atoms with Crippen molar-refractivity contribution in [2.24, 2.45) is 0 Å². The second-order valence-corrected chi connectivity index (χ2v) is 2.55. The third kappa shape index (κ3) is 3.45. The number of rotatable bonds is 5. The van der Waals surface area contributed by atoms with Crippen molar-refractivity contribution in [2.45, 2.75) is 19.4 Å². The quantitative estimate of drug-likeness (QED) is 0.554. The van der Waals surface area contributed by atoms with E-state index in [9.17, 15) is 4.79 Å². The van der Waals surface area contributed by atoms with Gasteiger partial charge in [-0.1, -0.05) is 6.92 Å². The van der Waals surface area contributed by atoms with Gasteiger partial charge >= 0.3 is 0 Å². The molecule has 3 nitrogen and oxygen atoms in total. The van der Waals surface area contributed by atoms with Gasteiger partial charge in [-0.05, 0) is 20.5 Å². The van der Waals surface area contributed by atoms with Crippen LogP contribution in [0.5, 0.6) is 0 Å². The van der Waals surface area contributed by atoms with Crippen molar-refractivity contribution in [1.29, 1.82) is 0 Å². The zero-order valence-corrected chi connectivity index (χ0v) is 6.92. The molecule has 0 saturated heterocycles. The minimum Gasteiger partial charge on any atom is -0.357 e. The number of hydrogen-bond donors (Lipinski definition) is 1. The molecule has 1 amide bonds. The van der Waals surface area contributed by atoms with Gasteiger partial charge in [-0.2, -0.15) is 0 Å². The van der Waals surface area contributed by atoms with Crippen LogP contribution in [-0.2, 0) is 4.79 Å². The summed E-state index contributed by atoms with van der Waals surface area (Å²) >= 11 is 0. The summed E-state index contributed by atoms with van der Waals surface area (Å²) in [5.74, 6) is 0. The highest BCUT2D eigenvalue weighted by molar-refractivity contribution is 5.45. The standard InChI is InChI=1S/C7H16N2O/c1-4-7(9(2)3)5-8-6-10/h6-7H,4-5H2,1-3H3,(H,8,10). The summed E-state index contributed by atoms with van der Waals surface area (Å²) in [5, 5.41) is 2.66. The Morgan fingerprint density at radius 2 is 2.20 bits per heavy atom. The van der Waals surface area contributed by atoms with Gasteiger partial charge in [0.1, 0.15) is 0 Å². The first-order valence-electron chi connectivity index (χ1n) is 3.55. The van der Waals surface area contributed by atoms with Gasteiger partial charge in [0.2, 0.25) is 6.41 Å². The first-order chi connectivity index (χ1) is 4.72. The lowest BCUT2D eigenvalue weighted by molar-refractivity contribution is -0.109. The highest BCUT2D eigenvalue weighted by atomic mass is 16.1. The highest BCUT2D eigenvalue weighted by Crippen LogP contribution is 1.95. The Labute approximate surface area is 62.4 Å². The first-order valence-corrected chi connectivity index (χ1v) is 3.55. The smallest absolute Gasteiger partial charge is 0.207 e. The average molecular weight is 144 g/mol. The Morgan fingerprint density at radius 3 is 2.50 bits per heavy atom. The first kappa shape index (κ1) is 9.43. The van der Waals surface area contributed by atoms with E-state index in [1.54, 1.807) is 0 Å². The van der Waals surface area contributed by atoms with E-state index in [1.165, 1.54) is 0 Å². The number of likely N-dealkylation sites (N-methyl/N-ethyl adjacent to an activating group) is 1. The topological polar surface area (TPSA) is 32.3 Å². The molecule has 0 heterocycles. The van der Waals surface area contributed by atoms with E-state index in [0.717, 1.165) is 19.4 Å². The molecule has 1 N–H and O–H groups in total. The third-order valence-electron chi connectivity index (χ3n) is 1.64. The third-order valence-corrected chi connectivity index (χ3v) is 1.64. The molecule has 0 aromatic rings. The van der Waals surface area contributed by atoms with Crippen LogP contribution < -0.4 is 5.32 Å². The average Bonchev–Trinajstić information content (AvgIpc) is 1.89. The molecule has 0 aromatic heterocycles. The predicted octanol–water partition coefficient (Wildman–Crippen LogP) is 0.0726. The van der Waals surface area contributed by atoms with Crippen LogP contribution in [0.25, 0.3) is 0 Å². The van der Waals surface area contributed by atoms with Crippen LogP contribution in [0.3, 0.4) is 0 Å². The fourth-order valence-corrected chi connectivity index (χ4v) is 0.876. The van der Waals surface area contributed by atoms with E-state index in [1.807, 2.05) is 14.1 Å². The fourth-order valence-electron chi connectivity index (χ4n) is 0.876. The minimum absolute atomic E-state index is 0.463. The van der Waals surface area contributed by atoms with E-state index in [4.69, 9.17) is 0 Å². The fraction of sp³-hybridized carbons (Fsp3) is 0.857. The van der Waals surface area contributed by atoms with Gasteiger partial charge in [0.25, 0.3) is 0 Å². The monoisotopic (exact) mass is 144 g/mol. The van der Waals surface area contributed by atoms with Crippen molar-refractivity contribution in [3.63, 3.8) is 0 Å². The number of hydrogen-bond acceptors (Lipinski definition) is 2. The molecule has 0 spiro atoms. The minimum atomic E-state index is 0.463. The summed E-state index contributed by atoms with van der Waals surface area (Å²) in [6.45, 7) is 2.85. The van der Waals surface area contributed by atoms with Crippen LogP contribution in [0, 0.1) is 0 Å². The van der Waals surface area contributed by atoms with E-state index in [0.29, 0.717) is 6.04 Å². The van der Waals surface area contributed by atoms with Gasteiger partial charge in [-0.15, -0.1) is 0 Å². The van der Waals surface area contributed by atoms with Gasteiger partial charge in [0.15, 0.2) is 0 Å². The summed E-state index contributed by atoms with van der Waals surface area (Å²) in [7, 11) is 4.03. The molecule has 1 atom stereocenters. The van der Waals surface area contributed by atoms with Crippen LogP contribution in [0.4, 0.5) is 0 Å². The molecule has 10 heavy (non-hydrogen) atoms. The summed E-state index contributed by atoms with van der Waals surface area (Å²) in [5.41, 5.74) is 0. The summed E-state index contributed by atoms with van der Waals surface area (Å²) < 4.78 is 0. The van der Waals surface area contributed by atoms with Gasteiger partial charge in [-0.25, -0.2) is 0 Å².